The smallest absolute Gasteiger partial charge is 0.744 e. The summed E-state index contributed by atoms with van der Waals surface area (Å²) in [5.74, 6) is 0. The zero-order chi connectivity index (χ0) is 25.4. The molecule has 3 rings (SSSR count). The van der Waals surface area contributed by atoms with Crippen LogP contribution < -0.4 is 0 Å². The molecule has 3 aromatic carbocycles. The Labute approximate surface area is 210 Å². The maximum Gasteiger partial charge on any atom is 3.00 e. The first-order valence-corrected chi connectivity index (χ1v) is 13.3. The van der Waals surface area contributed by atoms with Crippen LogP contribution in [0.4, 0.5) is 0 Å². The molecule has 1 radical (unpaired) electrons. The van der Waals surface area contributed by atoms with Crippen molar-refractivity contribution in [3.05, 3.63) is 89.5 Å². The van der Waals surface area contributed by atoms with Crippen LogP contribution in [0, 0.1) is 20.8 Å². The molecular weight excluding hydrogens is 544 g/mol. The summed E-state index contributed by atoms with van der Waals surface area (Å²) >= 11 is 0. The normalized spacial score (nSPS) is 11.1. The summed E-state index contributed by atoms with van der Waals surface area (Å²) in [6, 6.07) is 17.3. The molecule has 0 aliphatic heterocycles. The van der Waals surface area contributed by atoms with Crippen LogP contribution in [0.1, 0.15) is 16.7 Å². The Morgan fingerprint density at radius 3 is 0.676 bits per heavy atom. The van der Waals surface area contributed by atoms with E-state index in [0.29, 0.717) is 0 Å². The van der Waals surface area contributed by atoms with E-state index in [-0.39, 0.29) is 32.0 Å². The van der Waals surface area contributed by atoms with Crippen molar-refractivity contribution in [3.63, 3.8) is 0 Å². The van der Waals surface area contributed by atoms with Gasteiger partial charge in [-0.1, -0.05) is 53.1 Å². The molecule has 0 fully saturated rings. The van der Waals surface area contributed by atoms with Crippen LogP contribution in [0.3, 0.4) is 0 Å². The van der Waals surface area contributed by atoms with Gasteiger partial charge in [0, 0.05) is 0 Å². The van der Waals surface area contributed by atoms with Crippen molar-refractivity contribution >= 4 is 30.4 Å². The van der Waals surface area contributed by atoms with E-state index < -0.39 is 30.4 Å². The minimum Gasteiger partial charge on any atom is -0.744 e. The Morgan fingerprint density at radius 2 is 0.559 bits per heavy atom. The molecule has 183 valence electrons. The van der Waals surface area contributed by atoms with Crippen LogP contribution in [0.2, 0.25) is 0 Å². The number of hydrogen-bond acceptors (Lipinski definition) is 9. The monoisotopic (exact) mass is 565 g/mol. The molecule has 0 N–H and O–H groups in total. The summed E-state index contributed by atoms with van der Waals surface area (Å²) in [7, 11) is -12.8. The maximum absolute atomic E-state index is 10.4. The summed E-state index contributed by atoms with van der Waals surface area (Å²) in [6.07, 6.45) is 0. The van der Waals surface area contributed by atoms with Crippen LogP contribution in [0.25, 0.3) is 0 Å². The molecule has 3 aromatic rings. The van der Waals surface area contributed by atoms with Crippen molar-refractivity contribution in [2.75, 3.05) is 0 Å². The van der Waals surface area contributed by atoms with Crippen molar-refractivity contribution in [1.29, 1.82) is 0 Å². The molecule has 0 unspecified atom stereocenters. The fourth-order valence-corrected chi connectivity index (χ4v) is 3.52. The third-order valence-electron chi connectivity index (χ3n) is 3.93. The van der Waals surface area contributed by atoms with Crippen molar-refractivity contribution in [3.8, 4) is 0 Å². The minimum absolute atomic E-state index is 0. The van der Waals surface area contributed by atoms with Crippen LogP contribution in [-0.2, 0) is 47.7 Å². The summed E-state index contributed by atoms with van der Waals surface area (Å²) < 4.78 is 93.5. The first kappa shape index (κ1) is 31.9. The van der Waals surface area contributed by atoms with Gasteiger partial charge < -0.3 is 13.7 Å². The van der Waals surface area contributed by atoms with E-state index in [2.05, 4.69) is 0 Å². The average Bonchev–Trinajstić information content (AvgIpc) is 2.68. The van der Waals surface area contributed by atoms with Crippen LogP contribution in [0.5, 0.6) is 0 Å². The van der Waals surface area contributed by atoms with E-state index >= 15 is 0 Å². The van der Waals surface area contributed by atoms with Gasteiger partial charge >= 0.3 is 17.4 Å². The second-order valence-corrected chi connectivity index (χ2v) is 10.9. The van der Waals surface area contributed by atoms with Crippen molar-refractivity contribution in [2.45, 2.75) is 35.5 Å². The Hall–Kier alpha value is -2.08. The second kappa shape index (κ2) is 13.1. The fourth-order valence-electron chi connectivity index (χ4n) is 2.11. The van der Waals surface area contributed by atoms with Gasteiger partial charge in [0.1, 0.15) is 30.4 Å². The molecular formula is C21H21CrO9S3. The minimum atomic E-state index is -4.27. The summed E-state index contributed by atoms with van der Waals surface area (Å²) in [6.45, 7) is 5.46. The van der Waals surface area contributed by atoms with Gasteiger partial charge in [-0.3, -0.25) is 0 Å². The topological polar surface area (TPSA) is 172 Å². The number of hydrogen-bond donors (Lipinski definition) is 0. The van der Waals surface area contributed by atoms with E-state index in [1.807, 2.05) is 20.8 Å². The van der Waals surface area contributed by atoms with Gasteiger partial charge in [0.05, 0.1) is 14.7 Å². The molecule has 0 aromatic heterocycles. The first-order valence-electron chi connectivity index (χ1n) is 9.08. The third-order valence-corrected chi connectivity index (χ3v) is 6.48. The molecule has 0 atom stereocenters. The molecule has 0 saturated carbocycles. The van der Waals surface area contributed by atoms with E-state index in [0.717, 1.165) is 16.7 Å². The molecule has 0 spiro atoms. The second-order valence-electron chi connectivity index (χ2n) is 6.80. The Bertz CT molecular complexity index is 1190. The van der Waals surface area contributed by atoms with E-state index in [1.165, 1.54) is 36.4 Å². The quantitative estimate of drug-likeness (QED) is 0.433. The molecule has 0 aliphatic carbocycles. The maximum atomic E-state index is 10.4. The van der Waals surface area contributed by atoms with E-state index in [4.69, 9.17) is 0 Å². The van der Waals surface area contributed by atoms with Crippen LogP contribution in [0.15, 0.2) is 87.5 Å². The Morgan fingerprint density at radius 1 is 0.412 bits per heavy atom. The van der Waals surface area contributed by atoms with Crippen molar-refractivity contribution in [1.82, 2.24) is 0 Å². The molecule has 34 heavy (non-hydrogen) atoms. The molecule has 0 heterocycles. The van der Waals surface area contributed by atoms with Crippen LogP contribution in [-0.4, -0.2) is 38.9 Å². The van der Waals surface area contributed by atoms with Crippen LogP contribution >= 0.6 is 0 Å². The van der Waals surface area contributed by atoms with Crippen molar-refractivity contribution < 1.29 is 56.3 Å². The van der Waals surface area contributed by atoms with Crippen molar-refractivity contribution in [2.24, 2.45) is 0 Å². The fraction of sp³-hybridized carbons (Fsp3) is 0.143. The zero-order valence-electron chi connectivity index (χ0n) is 18.2. The number of aryl methyl sites for hydroxylation is 3. The van der Waals surface area contributed by atoms with Gasteiger partial charge in [-0.2, -0.15) is 0 Å². The van der Waals surface area contributed by atoms with Gasteiger partial charge in [-0.25, -0.2) is 25.3 Å². The standard InChI is InChI=1S/3C7H8O3S.Cr/c3*1-6-2-4-7(5-3-6)11(8,9)10;/h3*2-5H,1H3,(H,8,9,10);/q;;;+3/p-3. The molecule has 13 heteroatoms. The summed E-state index contributed by atoms with van der Waals surface area (Å²) in [5, 5.41) is 0. The van der Waals surface area contributed by atoms with E-state index in [1.54, 1.807) is 36.4 Å². The predicted octanol–water partition coefficient (Wildman–Crippen LogP) is 2.69. The molecule has 0 saturated heterocycles. The molecule has 9 nitrogen and oxygen atoms in total. The molecule has 0 amide bonds. The summed E-state index contributed by atoms with van der Waals surface area (Å²) in [4.78, 5) is -0.533. The summed E-state index contributed by atoms with van der Waals surface area (Å²) in [5.41, 5.74) is 2.78. The molecule has 0 bridgehead atoms. The Kier molecular flexibility index (Phi) is 12.3. The largest absolute Gasteiger partial charge is 3.00 e. The van der Waals surface area contributed by atoms with Gasteiger partial charge in [0.25, 0.3) is 0 Å². The van der Waals surface area contributed by atoms with E-state index in [9.17, 15) is 38.9 Å². The molecule has 0 aliphatic rings. The zero-order valence-corrected chi connectivity index (χ0v) is 22.0. The van der Waals surface area contributed by atoms with Gasteiger partial charge in [-0.15, -0.1) is 0 Å². The first-order chi connectivity index (χ1) is 15.0. The van der Waals surface area contributed by atoms with Gasteiger partial charge in [-0.05, 0) is 57.2 Å². The average molecular weight is 566 g/mol. The number of benzene rings is 3. The third kappa shape index (κ3) is 11.9. The predicted molar refractivity (Wildman–Crippen MR) is 117 cm³/mol. The van der Waals surface area contributed by atoms with Gasteiger partial charge in [0.2, 0.25) is 0 Å². The number of rotatable bonds is 3. The Balaban J connectivity index is 0.000000473. The van der Waals surface area contributed by atoms with Gasteiger partial charge in [0.15, 0.2) is 0 Å². The SMILES string of the molecule is Cc1ccc(S(=O)(=O)[O-])cc1.Cc1ccc(S(=O)(=O)[O-])cc1.Cc1ccc(S(=O)(=O)[O-])cc1.[Cr+3].